The Kier molecular flexibility index (Phi) is 9.51. The van der Waals surface area contributed by atoms with Crippen LogP contribution in [0.2, 0.25) is 10.0 Å². The number of hydrogen-bond acceptors (Lipinski definition) is 3. The molecule has 0 radical (unpaired) electrons. The molecule has 0 heterocycles. The lowest BCUT2D eigenvalue weighted by atomic mass is 9.68. The maximum Gasteiger partial charge on any atom is 0.405 e. The van der Waals surface area contributed by atoms with Gasteiger partial charge in [-0.3, -0.25) is 4.79 Å². The van der Waals surface area contributed by atoms with Crippen LogP contribution in [0.1, 0.15) is 36.4 Å². The second kappa shape index (κ2) is 11.7. The van der Waals surface area contributed by atoms with Crippen molar-refractivity contribution in [3.63, 3.8) is 0 Å². The third-order valence-corrected chi connectivity index (χ3v) is 6.24. The first kappa shape index (κ1) is 28.4. The lowest BCUT2D eigenvalue weighted by Gasteiger charge is -2.44. The molecule has 0 aliphatic carbocycles. The van der Waals surface area contributed by atoms with Crippen molar-refractivity contribution in [2.24, 2.45) is 0 Å². The number of benzene rings is 2. The fourth-order valence-electron chi connectivity index (χ4n) is 4.01. The van der Waals surface area contributed by atoms with E-state index in [1.54, 1.807) is 0 Å². The van der Waals surface area contributed by atoms with Crippen molar-refractivity contribution in [2.45, 2.75) is 36.9 Å². The highest BCUT2D eigenvalue weighted by Gasteiger charge is 2.45. The van der Waals surface area contributed by atoms with E-state index in [-0.39, 0.29) is 34.0 Å². The van der Waals surface area contributed by atoms with E-state index < -0.39 is 48.4 Å². The van der Waals surface area contributed by atoms with E-state index in [4.69, 9.17) is 23.2 Å². The third kappa shape index (κ3) is 7.57. The summed E-state index contributed by atoms with van der Waals surface area (Å²) in [6.07, 6.45) is -7.77. The van der Waals surface area contributed by atoms with Crippen LogP contribution in [0, 0.1) is 5.82 Å². The summed E-state index contributed by atoms with van der Waals surface area (Å²) < 4.78 is 52.9. The van der Waals surface area contributed by atoms with E-state index in [2.05, 4.69) is 5.32 Å². The lowest BCUT2D eigenvalue weighted by Crippen LogP contribution is -2.51. The Balaban J connectivity index is 2.78. The monoisotopic (exact) mass is 536 g/mol. The molecule has 2 N–H and O–H groups in total. The molecule has 0 spiro atoms. The Morgan fingerprint density at radius 1 is 1.14 bits per heavy atom. The number of carbonyl (C=O) groups excluding carboxylic acids is 2. The van der Waals surface area contributed by atoms with Gasteiger partial charge >= 0.3 is 12.3 Å². The van der Waals surface area contributed by atoms with Gasteiger partial charge in [0.05, 0.1) is 16.1 Å². The smallest absolute Gasteiger partial charge is 0.405 e. The van der Waals surface area contributed by atoms with Gasteiger partial charge in [-0.25, -0.2) is 9.18 Å². The average molecular weight is 537 g/mol. The summed E-state index contributed by atoms with van der Waals surface area (Å²) in [5, 5.41) is 12.1. The van der Waals surface area contributed by atoms with Gasteiger partial charge in [-0.1, -0.05) is 41.4 Å². The minimum Gasteiger partial charge on any atom is -0.465 e. The molecule has 12 heteroatoms. The first-order valence-electron chi connectivity index (χ1n) is 10.2. The van der Waals surface area contributed by atoms with Gasteiger partial charge in [0.15, 0.2) is 0 Å². The SMILES string of the molecule is CN(C[C@](CCC=O)(c1ccc(Cl)c(Cl)c1)C(NC(=O)O)c1cccc(F)c1)C(=O)CC(F)(F)F. The molecule has 0 fully saturated rings. The normalized spacial score (nSPS) is 14.0. The maximum atomic E-state index is 14.1. The molecule has 2 rings (SSSR count). The van der Waals surface area contributed by atoms with Gasteiger partial charge in [-0.15, -0.1) is 0 Å². The molecule has 2 atom stereocenters. The van der Waals surface area contributed by atoms with Crippen LogP contribution in [0.3, 0.4) is 0 Å². The predicted octanol–water partition coefficient (Wildman–Crippen LogP) is 5.77. The number of carboxylic acid groups (broad SMARTS) is 1. The van der Waals surface area contributed by atoms with Crippen molar-refractivity contribution in [3.8, 4) is 0 Å². The number of aldehydes is 1. The zero-order chi connectivity index (χ0) is 26.4. The molecule has 6 nitrogen and oxygen atoms in total. The van der Waals surface area contributed by atoms with E-state index in [0.29, 0.717) is 6.29 Å². The van der Waals surface area contributed by atoms with Gasteiger partial charge in [-0.2, -0.15) is 13.2 Å². The average Bonchev–Trinajstić information content (AvgIpc) is 2.75. The Bertz CT molecular complexity index is 1080. The van der Waals surface area contributed by atoms with Crippen LogP contribution in [-0.2, 0) is 15.0 Å². The van der Waals surface area contributed by atoms with Crippen molar-refractivity contribution in [1.82, 2.24) is 10.2 Å². The molecule has 1 unspecified atom stereocenters. The molecule has 0 saturated heterocycles. The highest BCUT2D eigenvalue weighted by Crippen LogP contribution is 2.44. The Morgan fingerprint density at radius 3 is 2.37 bits per heavy atom. The van der Waals surface area contributed by atoms with Crippen molar-refractivity contribution in [2.75, 3.05) is 13.6 Å². The van der Waals surface area contributed by atoms with Gasteiger partial charge in [-0.05, 0) is 41.8 Å². The summed E-state index contributed by atoms with van der Waals surface area (Å²) in [5.74, 6) is -1.97. The van der Waals surface area contributed by atoms with Crippen molar-refractivity contribution < 1.29 is 37.1 Å². The van der Waals surface area contributed by atoms with Crippen molar-refractivity contribution in [1.29, 1.82) is 0 Å². The van der Waals surface area contributed by atoms with E-state index in [1.165, 1.54) is 30.3 Å². The number of hydrogen-bond donors (Lipinski definition) is 2. The first-order chi connectivity index (χ1) is 16.3. The zero-order valence-corrected chi connectivity index (χ0v) is 19.9. The third-order valence-electron chi connectivity index (χ3n) is 5.50. The summed E-state index contributed by atoms with van der Waals surface area (Å²) in [6, 6.07) is 7.90. The summed E-state index contributed by atoms with van der Waals surface area (Å²) in [7, 11) is 1.13. The van der Waals surface area contributed by atoms with Crippen molar-refractivity contribution >= 4 is 41.5 Å². The van der Waals surface area contributed by atoms with Gasteiger partial charge in [0.25, 0.3) is 0 Å². The van der Waals surface area contributed by atoms with Crippen molar-refractivity contribution in [3.05, 3.63) is 69.5 Å². The minimum absolute atomic E-state index is 0.0530. The number of carbonyl (C=O) groups is 3. The second-order valence-corrected chi connectivity index (χ2v) is 8.78. The number of nitrogens with one attached hydrogen (secondary N) is 1. The van der Waals surface area contributed by atoms with Crippen LogP contribution < -0.4 is 5.32 Å². The molecule has 0 saturated carbocycles. The molecular formula is C23H22Cl2F4N2O4. The topological polar surface area (TPSA) is 86.7 Å². The minimum atomic E-state index is -4.78. The molecule has 2 amide bonds. The largest absolute Gasteiger partial charge is 0.465 e. The molecule has 0 aliphatic rings. The number of nitrogens with zero attached hydrogens (tertiary/aromatic N) is 1. The highest BCUT2D eigenvalue weighted by molar-refractivity contribution is 6.42. The van der Waals surface area contributed by atoms with Gasteiger partial charge in [0, 0.05) is 25.4 Å². The van der Waals surface area contributed by atoms with Gasteiger partial charge in [0.2, 0.25) is 5.91 Å². The summed E-state index contributed by atoms with van der Waals surface area (Å²) >= 11 is 12.2. The summed E-state index contributed by atoms with van der Waals surface area (Å²) in [5.41, 5.74) is -1.14. The Hall–Kier alpha value is -2.85. The quantitative estimate of drug-likeness (QED) is 0.298. The Morgan fingerprint density at radius 2 is 1.83 bits per heavy atom. The molecule has 190 valence electrons. The first-order valence-corrected chi connectivity index (χ1v) is 11.0. The summed E-state index contributed by atoms with van der Waals surface area (Å²) in [4.78, 5) is 36.4. The second-order valence-electron chi connectivity index (χ2n) is 7.97. The van der Waals surface area contributed by atoms with Crippen LogP contribution >= 0.6 is 23.2 Å². The van der Waals surface area contributed by atoms with Crippen LogP contribution in [0.15, 0.2) is 42.5 Å². The van der Waals surface area contributed by atoms with Gasteiger partial charge in [0.1, 0.15) is 18.5 Å². The van der Waals surface area contributed by atoms with E-state index >= 15 is 0 Å². The molecule has 0 aromatic heterocycles. The fraction of sp³-hybridized carbons (Fsp3) is 0.348. The molecular weight excluding hydrogens is 515 g/mol. The predicted molar refractivity (Wildman–Crippen MR) is 122 cm³/mol. The van der Waals surface area contributed by atoms with E-state index in [1.807, 2.05) is 0 Å². The number of likely N-dealkylation sites (N-methyl/N-ethyl adjacent to an activating group) is 1. The van der Waals surface area contributed by atoms with Crippen LogP contribution in [0.25, 0.3) is 0 Å². The Labute approximate surface area is 208 Å². The molecule has 2 aromatic rings. The van der Waals surface area contributed by atoms with E-state index in [0.717, 1.165) is 24.1 Å². The number of rotatable bonds is 10. The molecule has 0 aliphatic heterocycles. The standard InChI is InChI=1S/C23H22Cl2F4N2O4/c1-31(19(33)12-23(27,28)29)13-22(8-3-9-32,15-6-7-17(24)18(25)11-15)20(30-21(34)35)14-4-2-5-16(26)10-14/h2,4-7,9-11,20,30H,3,8,12-13H2,1H3,(H,34,35)/t20?,22-/m1/s1. The molecule has 2 aromatic carbocycles. The van der Waals surface area contributed by atoms with Crippen LogP contribution in [0.4, 0.5) is 22.4 Å². The van der Waals surface area contributed by atoms with Gasteiger partial charge < -0.3 is 20.1 Å². The van der Waals surface area contributed by atoms with Crippen LogP contribution in [-0.4, -0.2) is 48.1 Å². The van der Waals surface area contributed by atoms with Crippen LogP contribution in [0.5, 0.6) is 0 Å². The zero-order valence-electron chi connectivity index (χ0n) is 18.4. The highest BCUT2D eigenvalue weighted by atomic mass is 35.5. The summed E-state index contributed by atoms with van der Waals surface area (Å²) in [6.45, 7) is -0.463. The molecule has 0 bridgehead atoms. The fourth-order valence-corrected chi connectivity index (χ4v) is 4.31. The number of alkyl halides is 3. The lowest BCUT2D eigenvalue weighted by molar-refractivity contribution is -0.161. The molecule has 35 heavy (non-hydrogen) atoms. The maximum absolute atomic E-state index is 14.1. The van der Waals surface area contributed by atoms with E-state index in [9.17, 15) is 37.1 Å². The number of halogens is 6. The number of amides is 2.